The van der Waals surface area contributed by atoms with Gasteiger partial charge in [0.2, 0.25) is 0 Å². The van der Waals surface area contributed by atoms with Crippen LogP contribution in [0.2, 0.25) is 0 Å². The molecule has 0 spiro atoms. The molecule has 2 aromatic carbocycles. The number of halogens is 1. The zero-order valence-corrected chi connectivity index (χ0v) is 15.4. The Balaban J connectivity index is 1.84. The van der Waals surface area contributed by atoms with Crippen LogP contribution in [-0.2, 0) is 6.54 Å². The van der Waals surface area contributed by atoms with Crippen molar-refractivity contribution in [2.75, 3.05) is 0 Å². The molecule has 0 atom stereocenters. The molecular formula is C19H13FN4O3S. The van der Waals surface area contributed by atoms with Crippen molar-refractivity contribution < 1.29 is 9.31 Å². The highest BCUT2D eigenvalue weighted by molar-refractivity contribution is 7.19. The van der Waals surface area contributed by atoms with E-state index in [-0.39, 0.29) is 23.6 Å². The second kappa shape index (κ2) is 6.93. The van der Waals surface area contributed by atoms with Gasteiger partial charge in [-0.3, -0.25) is 14.9 Å². The number of thiazole rings is 1. The van der Waals surface area contributed by atoms with E-state index in [2.05, 4.69) is 10.1 Å². The number of non-ortho nitro benzene ring substituents is 1. The second-order valence-electron chi connectivity index (χ2n) is 6.15. The van der Waals surface area contributed by atoms with Gasteiger partial charge in [-0.15, -0.1) is 11.3 Å². The van der Waals surface area contributed by atoms with Crippen LogP contribution in [-0.4, -0.2) is 19.7 Å². The summed E-state index contributed by atoms with van der Waals surface area (Å²) in [7, 11) is 0. The number of nitro groups is 1. The predicted octanol–water partition coefficient (Wildman–Crippen LogP) is 3.92. The first-order valence-corrected chi connectivity index (χ1v) is 9.11. The number of hydrogen-bond donors (Lipinski definition) is 0. The summed E-state index contributed by atoms with van der Waals surface area (Å²) >= 11 is 1.36. The van der Waals surface area contributed by atoms with E-state index >= 15 is 0 Å². The van der Waals surface area contributed by atoms with Crippen LogP contribution in [0.3, 0.4) is 0 Å². The maximum Gasteiger partial charge on any atom is 0.294 e. The smallest absolute Gasteiger partial charge is 0.265 e. The molecule has 0 aliphatic carbocycles. The molecule has 4 rings (SSSR count). The maximum atomic E-state index is 13.3. The minimum absolute atomic E-state index is 0.0263. The van der Waals surface area contributed by atoms with Crippen molar-refractivity contribution in [2.24, 2.45) is 0 Å². The van der Waals surface area contributed by atoms with Crippen LogP contribution in [0.15, 0.2) is 53.3 Å². The first-order valence-electron chi connectivity index (χ1n) is 8.30. The molecule has 0 saturated heterocycles. The van der Waals surface area contributed by atoms with E-state index in [1.807, 2.05) is 0 Å². The van der Waals surface area contributed by atoms with E-state index in [9.17, 15) is 19.3 Å². The van der Waals surface area contributed by atoms with Crippen LogP contribution in [0.5, 0.6) is 0 Å². The molecule has 4 aromatic rings. The molecule has 2 aromatic heterocycles. The molecular weight excluding hydrogens is 383 g/mol. The molecule has 0 saturated carbocycles. The van der Waals surface area contributed by atoms with Crippen LogP contribution in [0.4, 0.5) is 10.1 Å². The van der Waals surface area contributed by atoms with Crippen molar-refractivity contribution in [1.82, 2.24) is 14.8 Å². The number of fused-ring (bicyclic) bond motifs is 1. The van der Waals surface area contributed by atoms with Crippen molar-refractivity contribution in [3.63, 3.8) is 0 Å². The Kier molecular flexibility index (Phi) is 4.44. The number of aromatic nitrogens is 3. The van der Waals surface area contributed by atoms with Crippen LogP contribution in [0, 0.1) is 22.9 Å². The molecule has 0 aliphatic rings. The Morgan fingerprint density at radius 1 is 1.14 bits per heavy atom. The van der Waals surface area contributed by atoms with Gasteiger partial charge < -0.3 is 0 Å². The van der Waals surface area contributed by atoms with E-state index in [0.29, 0.717) is 27.0 Å². The van der Waals surface area contributed by atoms with Crippen LogP contribution >= 0.6 is 11.3 Å². The fraction of sp³-hybridized carbons (Fsp3) is 0.105. The van der Waals surface area contributed by atoms with Gasteiger partial charge in [-0.2, -0.15) is 5.10 Å². The van der Waals surface area contributed by atoms with Gasteiger partial charge in [0.25, 0.3) is 11.2 Å². The normalized spacial score (nSPS) is 11.1. The average molecular weight is 396 g/mol. The molecule has 0 bridgehead atoms. The summed E-state index contributed by atoms with van der Waals surface area (Å²) in [6, 6.07) is 11.8. The summed E-state index contributed by atoms with van der Waals surface area (Å²) in [5.74, 6) is -0.361. The lowest BCUT2D eigenvalue weighted by Gasteiger charge is -2.09. The van der Waals surface area contributed by atoms with Gasteiger partial charge in [0.15, 0.2) is 5.52 Å². The van der Waals surface area contributed by atoms with Gasteiger partial charge in [-0.25, -0.2) is 14.1 Å². The summed E-state index contributed by atoms with van der Waals surface area (Å²) in [6.45, 7) is 1.94. The summed E-state index contributed by atoms with van der Waals surface area (Å²) < 4.78 is 15.2. The Hall–Kier alpha value is -3.46. The highest BCUT2D eigenvalue weighted by atomic mass is 32.1. The van der Waals surface area contributed by atoms with Crippen molar-refractivity contribution >= 4 is 27.2 Å². The number of nitrogens with zero attached hydrogens (tertiary/aromatic N) is 4. The minimum atomic E-state index is -0.481. The number of rotatable bonds is 4. The minimum Gasteiger partial charge on any atom is -0.265 e. The monoisotopic (exact) mass is 396 g/mol. The Morgan fingerprint density at radius 2 is 1.82 bits per heavy atom. The molecule has 28 heavy (non-hydrogen) atoms. The lowest BCUT2D eigenvalue weighted by molar-refractivity contribution is -0.384. The third kappa shape index (κ3) is 3.27. The lowest BCUT2D eigenvalue weighted by Crippen LogP contribution is -2.24. The van der Waals surface area contributed by atoms with E-state index in [1.54, 1.807) is 31.2 Å². The molecule has 0 aliphatic heterocycles. The third-order valence-corrected chi connectivity index (χ3v) is 5.18. The van der Waals surface area contributed by atoms with Crippen molar-refractivity contribution in [1.29, 1.82) is 0 Å². The summed E-state index contributed by atoms with van der Waals surface area (Å²) in [5, 5.41) is 16.0. The molecule has 0 radical (unpaired) electrons. The zero-order chi connectivity index (χ0) is 19.8. The van der Waals surface area contributed by atoms with Gasteiger partial charge in [0, 0.05) is 17.7 Å². The van der Waals surface area contributed by atoms with Crippen molar-refractivity contribution in [3.8, 4) is 11.3 Å². The number of aryl methyl sites for hydroxylation is 1. The highest BCUT2D eigenvalue weighted by Gasteiger charge is 2.17. The Morgan fingerprint density at radius 3 is 2.46 bits per heavy atom. The number of hydrogen-bond acceptors (Lipinski definition) is 6. The zero-order valence-electron chi connectivity index (χ0n) is 14.6. The van der Waals surface area contributed by atoms with E-state index in [0.717, 1.165) is 5.01 Å². The fourth-order valence-electron chi connectivity index (χ4n) is 2.87. The SMILES string of the molecule is Cc1nc2c(=O)n(Cc3ccc([N+](=O)[O-])cc3)nc(-c3ccc(F)cc3)c2s1. The molecule has 0 fully saturated rings. The summed E-state index contributed by atoms with van der Waals surface area (Å²) in [5.41, 5.74) is 1.84. The largest absolute Gasteiger partial charge is 0.294 e. The topological polar surface area (TPSA) is 90.9 Å². The van der Waals surface area contributed by atoms with Gasteiger partial charge in [-0.1, -0.05) is 12.1 Å². The van der Waals surface area contributed by atoms with Crippen LogP contribution in [0.1, 0.15) is 10.6 Å². The predicted molar refractivity (Wildman–Crippen MR) is 104 cm³/mol. The quantitative estimate of drug-likeness (QED) is 0.385. The summed E-state index contributed by atoms with van der Waals surface area (Å²) in [4.78, 5) is 27.5. The van der Waals surface area contributed by atoms with Crippen LogP contribution in [0.25, 0.3) is 21.5 Å². The van der Waals surface area contributed by atoms with E-state index in [1.165, 1.54) is 40.3 Å². The van der Waals surface area contributed by atoms with E-state index < -0.39 is 4.92 Å². The van der Waals surface area contributed by atoms with Gasteiger partial charge in [-0.05, 0) is 36.8 Å². The first-order chi connectivity index (χ1) is 13.4. The first kappa shape index (κ1) is 17.9. The van der Waals surface area contributed by atoms with Crippen molar-refractivity contribution in [2.45, 2.75) is 13.5 Å². The van der Waals surface area contributed by atoms with Gasteiger partial charge in [0.05, 0.1) is 21.2 Å². The molecule has 0 N–H and O–H groups in total. The molecule has 9 heteroatoms. The average Bonchev–Trinajstić information content (AvgIpc) is 3.07. The third-order valence-electron chi connectivity index (χ3n) is 4.20. The summed E-state index contributed by atoms with van der Waals surface area (Å²) in [6.07, 6.45) is 0. The Labute approximate surface area is 161 Å². The Bertz CT molecular complexity index is 1250. The molecule has 7 nitrogen and oxygen atoms in total. The number of nitro benzene ring substituents is 1. The number of benzene rings is 2. The molecule has 2 heterocycles. The lowest BCUT2D eigenvalue weighted by atomic mass is 10.1. The molecule has 0 unspecified atom stereocenters. The van der Waals surface area contributed by atoms with E-state index in [4.69, 9.17) is 0 Å². The van der Waals surface area contributed by atoms with Gasteiger partial charge >= 0.3 is 0 Å². The maximum absolute atomic E-state index is 13.3. The fourth-order valence-corrected chi connectivity index (χ4v) is 3.78. The second-order valence-corrected chi connectivity index (χ2v) is 7.36. The van der Waals surface area contributed by atoms with Gasteiger partial charge in [0.1, 0.15) is 11.5 Å². The highest BCUT2D eigenvalue weighted by Crippen LogP contribution is 2.29. The standard InChI is InChI=1S/C19H13FN4O3S/c1-11-21-17-18(28-11)16(13-4-6-14(20)7-5-13)22-23(19(17)25)10-12-2-8-15(9-3-12)24(26)27/h2-9H,10H2,1H3. The van der Waals surface area contributed by atoms with Crippen molar-refractivity contribution in [3.05, 3.63) is 85.4 Å². The van der Waals surface area contributed by atoms with Crippen LogP contribution < -0.4 is 5.56 Å². The molecule has 0 amide bonds. The molecule has 140 valence electrons.